The molecule has 0 saturated carbocycles. The minimum absolute atomic E-state index is 0.00169. The molecular formula is C50H47BrCl2F4O2. The van der Waals surface area contributed by atoms with E-state index in [0.717, 1.165) is 22.4 Å². The lowest BCUT2D eigenvalue weighted by molar-refractivity contribution is 0.415. The fourth-order valence-corrected chi connectivity index (χ4v) is 6.79. The number of allylic oxidation sites excluding steroid dienone is 3. The summed E-state index contributed by atoms with van der Waals surface area (Å²) in [6, 6.07) is 47.9. The van der Waals surface area contributed by atoms with Gasteiger partial charge in [0.25, 0.3) is 0 Å². The molecule has 0 heterocycles. The van der Waals surface area contributed by atoms with E-state index < -0.39 is 29.3 Å². The van der Waals surface area contributed by atoms with Crippen molar-refractivity contribution in [3.8, 4) is 23.0 Å². The maximum absolute atomic E-state index is 15.1. The van der Waals surface area contributed by atoms with Crippen LogP contribution in [0.1, 0.15) is 61.8 Å². The molecule has 2 nitrogen and oxygen atoms in total. The molecule has 0 amide bonds. The first-order valence-corrected chi connectivity index (χ1v) is 21.0. The number of benzene rings is 6. The van der Waals surface area contributed by atoms with Gasteiger partial charge in [-0.15, -0.1) is 0 Å². The van der Waals surface area contributed by atoms with Crippen LogP contribution in [0, 0.1) is 11.8 Å². The van der Waals surface area contributed by atoms with Gasteiger partial charge in [-0.3, -0.25) is 0 Å². The lowest BCUT2D eigenvalue weighted by Crippen LogP contribution is -2.09. The van der Waals surface area contributed by atoms with Crippen molar-refractivity contribution in [2.24, 2.45) is 11.8 Å². The molecule has 308 valence electrons. The van der Waals surface area contributed by atoms with Gasteiger partial charge in [0.1, 0.15) is 46.8 Å². The molecule has 6 aromatic carbocycles. The van der Waals surface area contributed by atoms with E-state index in [1.807, 2.05) is 107 Å². The van der Waals surface area contributed by atoms with Crippen LogP contribution in [0.3, 0.4) is 0 Å². The van der Waals surface area contributed by atoms with Crippen molar-refractivity contribution in [2.75, 3.05) is 0 Å². The Bertz CT molecular complexity index is 2210. The van der Waals surface area contributed by atoms with E-state index in [-0.39, 0.29) is 24.6 Å². The van der Waals surface area contributed by atoms with Crippen LogP contribution in [-0.2, 0) is 11.8 Å². The molecule has 0 N–H and O–H groups in total. The number of halogens is 7. The van der Waals surface area contributed by atoms with Gasteiger partial charge >= 0.3 is 0 Å². The van der Waals surface area contributed by atoms with Gasteiger partial charge in [-0.05, 0) is 107 Å². The molecule has 0 spiro atoms. The Balaban J connectivity index is 0.000000215. The van der Waals surface area contributed by atoms with Crippen LogP contribution in [0.5, 0.6) is 23.0 Å². The molecule has 6 aromatic rings. The third-order valence-electron chi connectivity index (χ3n) is 8.99. The average molecular weight is 907 g/mol. The molecule has 0 radical (unpaired) electrons. The fourth-order valence-electron chi connectivity index (χ4n) is 6.19. The van der Waals surface area contributed by atoms with E-state index in [1.165, 1.54) is 5.56 Å². The molecule has 0 bridgehead atoms. The summed E-state index contributed by atoms with van der Waals surface area (Å²) in [5.74, 6) is -0.535. The Morgan fingerprint density at radius 3 is 1.37 bits per heavy atom. The van der Waals surface area contributed by atoms with Crippen molar-refractivity contribution in [1.82, 2.24) is 0 Å². The summed E-state index contributed by atoms with van der Waals surface area (Å²) >= 11 is 15.1. The van der Waals surface area contributed by atoms with Crippen molar-refractivity contribution in [3.05, 3.63) is 214 Å². The van der Waals surface area contributed by atoms with E-state index in [4.69, 9.17) is 32.7 Å². The van der Waals surface area contributed by atoms with E-state index in [0.29, 0.717) is 32.7 Å². The predicted octanol–water partition coefficient (Wildman–Crippen LogP) is 17.5. The zero-order chi connectivity index (χ0) is 42.7. The number of hydrogen-bond donors (Lipinski definition) is 0. The maximum Gasteiger partial charge on any atom is 0.139 e. The average Bonchev–Trinajstić information content (AvgIpc) is 3.23. The second-order valence-electron chi connectivity index (χ2n) is 14.2. The Labute approximate surface area is 364 Å². The Hall–Kier alpha value is -4.82. The molecular weight excluding hydrogens is 859 g/mol. The number of hydrogen-bond acceptors (Lipinski definition) is 2. The predicted molar refractivity (Wildman–Crippen MR) is 240 cm³/mol. The van der Waals surface area contributed by atoms with E-state index in [1.54, 1.807) is 72.8 Å². The first-order valence-electron chi connectivity index (χ1n) is 19.1. The van der Waals surface area contributed by atoms with E-state index in [2.05, 4.69) is 22.0 Å². The topological polar surface area (TPSA) is 18.5 Å². The zero-order valence-corrected chi connectivity index (χ0v) is 36.4. The SMILES string of the molecule is BrCc1cccc(Oc2ccccc2)c1.CC(C)C(/C(F)=C(\F)Cc1cccc(Oc2ccccc2)c1)c1ccc(Cl)cc1.CC(C)C(/C(F)=C\F)c1ccc(Cl)cc1. The quantitative estimate of drug-likeness (QED) is 0.0849. The van der Waals surface area contributed by atoms with Gasteiger partial charge in [-0.2, -0.15) is 0 Å². The third-order valence-corrected chi connectivity index (χ3v) is 10.1. The summed E-state index contributed by atoms with van der Waals surface area (Å²) in [4.78, 5) is 0. The molecule has 0 aliphatic heterocycles. The lowest BCUT2D eigenvalue weighted by Gasteiger charge is -2.20. The van der Waals surface area contributed by atoms with Crippen LogP contribution in [0.15, 0.2) is 182 Å². The summed E-state index contributed by atoms with van der Waals surface area (Å²) in [6.07, 6.45) is -0.103. The lowest BCUT2D eigenvalue weighted by atomic mass is 9.86. The van der Waals surface area contributed by atoms with E-state index >= 15 is 4.39 Å². The number of alkyl halides is 1. The molecule has 0 aromatic heterocycles. The highest BCUT2D eigenvalue weighted by atomic mass is 79.9. The number of ether oxygens (including phenoxy) is 2. The van der Waals surface area contributed by atoms with Gasteiger partial charge in [0, 0.05) is 33.6 Å². The maximum atomic E-state index is 15.1. The monoisotopic (exact) mass is 904 g/mol. The van der Waals surface area contributed by atoms with Crippen LogP contribution in [0.25, 0.3) is 0 Å². The van der Waals surface area contributed by atoms with Crippen molar-refractivity contribution in [2.45, 2.75) is 51.3 Å². The Morgan fingerprint density at radius 1 is 0.542 bits per heavy atom. The van der Waals surface area contributed by atoms with Gasteiger partial charge in [0.15, 0.2) is 0 Å². The van der Waals surface area contributed by atoms with Crippen LogP contribution >= 0.6 is 39.1 Å². The molecule has 2 unspecified atom stereocenters. The van der Waals surface area contributed by atoms with Crippen molar-refractivity contribution >= 4 is 39.1 Å². The minimum atomic E-state index is -0.768. The number of para-hydroxylation sites is 2. The molecule has 6 rings (SSSR count). The van der Waals surface area contributed by atoms with Crippen LogP contribution in [0.4, 0.5) is 17.6 Å². The Kier molecular flexibility index (Phi) is 19.3. The van der Waals surface area contributed by atoms with Gasteiger partial charge in [0.05, 0.1) is 0 Å². The number of rotatable bonds is 13. The zero-order valence-electron chi connectivity index (χ0n) is 33.3. The molecule has 2 atom stereocenters. The molecule has 0 aliphatic rings. The smallest absolute Gasteiger partial charge is 0.139 e. The van der Waals surface area contributed by atoms with Gasteiger partial charge < -0.3 is 9.47 Å². The fraction of sp³-hybridized carbons (Fsp3) is 0.200. The largest absolute Gasteiger partial charge is 0.457 e. The van der Waals surface area contributed by atoms with Crippen LogP contribution in [-0.4, -0.2) is 0 Å². The molecule has 59 heavy (non-hydrogen) atoms. The second kappa shape index (κ2) is 24.3. The first-order chi connectivity index (χ1) is 28.4. The standard InChI is InChI=1S/C25H23ClF2O.C13H11BrO.C12H13ClF2/c1-17(2)24(19-11-13-20(26)14-12-19)25(28)23(27)16-18-7-6-10-22(15-18)29-21-8-4-3-5-9-21;14-10-11-5-4-8-13(9-11)15-12-6-2-1-3-7-12;1-8(2)12(11(15)7-14)9-3-5-10(13)6-4-9/h3-15,17,24H,16H2,1-2H3;1-9H,10H2;3-8,12H,1-2H3/b25-23+;;11-7+. The molecule has 0 saturated heterocycles. The van der Waals surface area contributed by atoms with Crippen molar-refractivity contribution in [3.63, 3.8) is 0 Å². The van der Waals surface area contributed by atoms with E-state index in [9.17, 15) is 13.2 Å². The van der Waals surface area contributed by atoms with Gasteiger partial charge in [-0.25, -0.2) is 17.6 Å². The normalized spacial score (nSPS) is 12.7. The van der Waals surface area contributed by atoms with Crippen LogP contribution in [0.2, 0.25) is 10.0 Å². The summed E-state index contributed by atoms with van der Waals surface area (Å²) in [5.41, 5.74) is 3.30. The summed E-state index contributed by atoms with van der Waals surface area (Å²) < 4.78 is 66.9. The highest BCUT2D eigenvalue weighted by molar-refractivity contribution is 9.08. The second-order valence-corrected chi connectivity index (χ2v) is 15.7. The van der Waals surface area contributed by atoms with Crippen molar-refractivity contribution in [1.29, 1.82) is 0 Å². The highest BCUT2D eigenvalue weighted by Gasteiger charge is 2.25. The molecule has 0 fully saturated rings. The third kappa shape index (κ3) is 15.4. The minimum Gasteiger partial charge on any atom is -0.457 e. The first kappa shape index (κ1) is 46.9. The van der Waals surface area contributed by atoms with Gasteiger partial charge in [0.2, 0.25) is 0 Å². The molecule has 0 aliphatic carbocycles. The van der Waals surface area contributed by atoms with Crippen LogP contribution < -0.4 is 9.47 Å². The summed E-state index contributed by atoms with van der Waals surface area (Å²) in [5, 5.41) is 2.00. The summed E-state index contributed by atoms with van der Waals surface area (Å²) in [7, 11) is 0. The molecule has 9 heteroatoms. The van der Waals surface area contributed by atoms with Crippen molar-refractivity contribution < 1.29 is 27.0 Å². The Morgan fingerprint density at radius 2 is 0.949 bits per heavy atom. The summed E-state index contributed by atoms with van der Waals surface area (Å²) in [6.45, 7) is 7.45. The van der Waals surface area contributed by atoms with Gasteiger partial charge in [-0.1, -0.05) is 152 Å². The highest BCUT2D eigenvalue weighted by Crippen LogP contribution is 2.37.